The van der Waals surface area contributed by atoms with Crippen molar-refractivity contribution in [2.45, 2.75) is 82.5 Å². The van der Waals surface area contributed by atoms with E-state index < -0.39 is 0 Å². The van der Waals surface area contributed by atoms with Crippen LogP contribution in [0.4, 0.5) is 17.1 Å². The Labute approximate surface area is 395 Å². The van der Waals surface area contributed by atoms with Gasteiger partial charge >= 0.3 is 0 Å². The molecule has 2 heteroatoms. The molecule has 5 aliphatic rings. The van der Waals surface area contributed by atoms with Crippen LogP contribution in [-0.2, 0) is 5.41 Å². The Kier molecular flexibility index (Phi) is 8.96. The maximum Gasteiger partial charge on any atom is 0.0588 e. The van der Waals surface area contributed by atoms with Crippen LogP contribution in [-0.4, -0.2) is 4.57 Å². The van der Waals surface area contributed by atoms with Crippen molar-refractivity contribution in [2.24, 2.45) is 23.7 Å². The highest BCUT2D eigenvalue weighted by atomic mass is 15.1. The second-order valence-corrected chi connectivity index (χ2v) is 21.6. The molecule has 1 aromatic heterocycles. The lowest BCUT2D eigenvalue weighted by Gasteiger charge is -2.30. The molecule has 9 aromatic rings. The van der Waals surface area contributed by atoms with Gasteiger partial charge < -0.3 is 9.47 Å². The zero-order valence-electron chi connectivity index (χ0n) is 38.8. The molecule has 0 saturated heterocycles. The van der Waals surface area contributed by atoms with Gasteiger partial charge in [-0.1, -0.05) is 154 Å². The first kappa shape index (κ1) is 39.5. The van der Waals surface area contributed by atoms with Crippen LogP contribution in [0.3, 0.4) is 0 Å². The Morgan fingerprint density at radius 3 is 1.60 bits per heavy atom. The molecular formula is C65H58N2. The second kappa shape index (κ2) is 15.2. The standard InChI is InChI=1S/C65H58N2/c1-65(2)59-40-52(66(50-29-25-45(26-30-50)56-37-41-21-23-47(56)35-41)51-31-27-46(28-32-51)57-38-42-22-24-48(57)36-42)39-58(44-15-8-4-9-16-44)61(59)54-33-34-55-62-53(43-13-6-3-7-14-43)19-12-20-60(62)67(64(55)63(54)65)49-17-10-5-11-18-49/h3-20,25-34,39-42,47-48,56-57H,21-24,35-38H2,1-2H3. The number of benzene rings is 8. The number of hydrogen-bond donors (Lipinski definition) is 0. The van der Waals surface area contributed by atoms with Crippen LogP contribution >= 0.6 is 0 Å². The van der Waals surface area contributed by atoms with Crippen molar-refractivity contribution in [3.63, 3.8) is 0 Å². The molecule has 0 aliphatic heterocycles. The summed E-state index contributed by atoms with van der Waals surface area (Å²) in [5.41, 5.74) is 20.6. The van der Waals surface area contributed by atoms with Crippen molar-refractivity contribution < 1.29 is 0 Å². The molecule has 6 atom stereocenters. The third kappa shape index (κ3) is 6.14. The largest absolute Gasteiger partial charge is 0.310 e. The molecule has 14 rings (SSSR count). The van der Waals surface area contributed by atoms with Crippen LogP contribution in [0.2, 0.25) is 0 Å². The first-order valence-electron chi connectivity index (χ1n) is 25.4. The SMILES string of the molecule is CC1(C)c2cc(N(c3ccc(C4CC5CCC4C5)cc3)c3ccc(C4CC5CCC4C5)cc3)cc(-c3ccccc3)c2-c2ccc3c4c(-c5ccccc5)cccc4n(-c4ccccc4)c3c21. The highest BCUT2D eigenvalue weighted by Crippen LogP contribution is 2.59. The molecule has 5 aliphatic carbocycles. The molecule has 4 saturated carbocycles. The third-order valence-electron chi connectivity index (χ3n) is 17.7. The number of para-hydroxylation sites is 1. The summed E-state index contributed by atoms with van der Waals surface area (Å²) in [6, 6.07) is 69.7. The fourth-order valence-corrected chi connectivity index (χ4v) is 14.7. The van der Waals surface area contributed by atoms with Gasteiger partial charge in [-0.15, -0.1) is 0 Å². The smallest absolute Gasteiger partial charge is 0.0588 e. The molecule has 8 aromatic carbocycles. The lowest BCUT2D eigenvalue weighted by atomic mass is 9.80. The molecule has 4 bridgehead atoms. The topological polar surface area (TPSA) is 8.17 Å². The summed E-state index contributed by atoms with van der Waals surface area (Å²) in [5.74, 6) is 4.98. The van der Waals surface area contributed by atoms with E-state index in [-0.39, 0.29) is 5.41 Å². The van der Waals surface area contributed by atoms with Crippen LogP contribution < -0.4 is 4.90 Å². The van der Waals surface area contributed by atoms with E-state index in [1.807, 2.05) is 0 Å². The summed E-state index contributed by atoms with van der Waals surface area (Å²) < 4.78 is 2.56. The molecule has 0 amide bonds. The average Bonchev–Trinajstić information content (AvgIpc) is 4.27. The molecule has 0 spiro atoms. The lowest BCUT2D eigenvalue weighted by molar-refractivity contribution is 0.420. The van der Waals surface area contributed by atoms with Crippen LogP contribution in [0.15, 0.2) is 182 Å². The average molecular weight is 867 g/mol. The summed E-state index contributed by atoms with van der Waals surface area (Å²) in [6.07, 6.45) is 11.3. The fourth-order valence-electron chi connectivity index (χ4n) is 14.7. The minimum absolute atomic E-state index is 0.333. The lowest BCUT2D eigenvalue weighted by Crippen LogP contribution is -2.18. The number of rotatable bonds is 8. The Balaban J connectivity index is 0.986. The molecule has 0 radical (unpaired) electrons. The third-order valence-corrected chi connectivity index (χ3v) is 17.7. The van der Waals surface area contributed by atoms with Crippen molar-refractivity contribution in [1.29, 1.82) is 0 Å². The first-order chi connectivity index (χ1) is 33.0. The molecule has 2 nitrogen and oxygen atoms in total. The Morgan fingerprint density at radius 1 is 0.478 bits per heavy atom. The van der Waals surface area contributed by atoms with Gasteiger partial charge in [-0.3, -0.25) is 0 Å². The van der Waals surface area contributed by atoms with Gasteiger partial charge in [-0.05, 0) is 184 Å². The van der Waals surface area contributed by atoms with Gasteiger partial charge in [0, 0.05) is 38.9 Å². The van der Waals surface area contributed by atoms with E-state index in [1.165, 1.54) is 152 Å². The van der Waals surface area contributed by atoms with Crippen LogP contribution in [0.1, 0.15) is 99.3 Å². The summed E-state index contributed by atoms with van der Waals surface area (Å²) in [7, 11) is 0. The van der Waals surface area contributed by atoms with Gasteiger partial charge in [-0.25, -0.2) is 0 Å². The summed E-state index contributed by atoms with van der Waals surface area (Å²) in [4.78, 5) is 2.57. The van der Waals surface area contributed by atoms with E-state index in [9.17, 15) is 0 Å². The molecular weight excluding hydrogens is 809 g/mol. The van der Waals surface area contributed by atoms with Gasteiger partial charge in [0.15, 0.2) is 0 Å². The van der Waals surface area contributed by atoms with Gasteiger partial charge in [0.25, 0.3) is 0 Å². The quantitative estimate of drug-likeness (QED) is 0.148. The minimum atomic E-state index is -0.333. The predicted octanol–water partition coefficient (Wildman–Crippen LogP) is 17.7. The summed E-state index contributed by atoms with van der Waals surface area (Å²) in [6.45, 7) is 4.97. The van der Waals surface area contributed by atoms with Gasteiger partial charge in [0.2, 0.25) is 0 Å². The van der Waals surface area contributed by atoms with Crippen molar-refractivity contribution in [3.8, 4) is 39.1 Å². The zero-order chi connectivity index (χ0) is 44.4. The molecule has 1 heterocycles. The van der Waals surface area contributed by atoms with E-state index in [0.29, 0.717) is 11.8 Å². The van der Waals surface area contributed by atoms with E-state index in [0.717, 1.165) is 23.7 Å². The first-order valence-corrected chi connectivity index (χ1v) is 25.4. The van der Waals surface area contributed by atoms with Crippen molar-refractivity contribution in [3.05, 3.63) is 204 Å². The van der Waals surface area contributed by atoms with E-state index in [2.05, 4.69) is 205 Å². The number of fused-ring (bicyclic) bond motifs is 11. The molecule has 6 unspecified atom stereocenters. The maximum absolute atomic E-state index is 2.57. The van der Waals surface area contributed by atoms with Gasteiger partial charge in [-0.2, -0.15) is 0 Å². The minimum Gasteiger partial charge on any atom is -0.310 e. The van der Waals surface area contributed by atoms with Crippen molar-refractivity contribution in [1.82, 2.24) is 4.57 Å². The van der Waals surface area contributed by atoms with Crippen LogP contribution in [0.5, 0.6) is 0 Å². The zero-order valence-corrected chi connectivity index (χ0v) is 38.8. The number of nitrogens with zero attached hydrogens (tertiary/aromatic N) is 2. The predicted molar refractivity (Wildman–Crippen MR) is 280 cm³/mol. The Hall–Kier alpha value is -6.64. The van der Waals surface area contributed by atoms with Gasteiger partial charge in [0.1, 0.15) is 0 Å². The monoisotopic (exact) mass is 866 g/mol. The summed E-state index contributed by atoms with van der Waals surface area (Å²) >= 11 is 0. The summed E-state index contributed by atoms with van der Waals surface area (Å²) in [5, 5.41) is 2.60. The van der Waals surface area contributed by atoms with Crippen LogP contribution in [0, 0.1) is 23.7 Å². The van der Waals surface area contributed by atoms with Crippen molar-refractivity contribution in [2.75, 3.05) is 4.90 Å². The maximum atomic E-state index is 2.57. The molecule has 4 fully saturated rings. The Morgan fingerprint density at radius 2 is 1.04 bits per heavy atom. The normalized spacial score (nSPS) is 23.0. The van der Waals surface area contributed by atoms with E-state index >= 15 is 0 Å². The second-order valence-electron chi connectivity index (χ2n) is 21.6. The highest BCUT2D eigenvalue weighted by Gasteiger charge is 2.43. The number of anilines is 3. The van der Waals surface area contributed by atoms with Gasteiger partial charge in [0.05, 0.1) is 11.0 Å². The molecule has 67 heavy (non-hydrogen) atoms. The highest BCUT2D eigenvalue weighted by molar-refractivity contribution is 6.18. The number of aromatic nitrogens is 1. The van der Waals surface area contributed by atoms with E-state index in [1.54, 1.807) is 0 Å². The molecule has 328 valence electrons. The van der Waals surface area contributed by atoms with E-state index in [4.69, 9.17) is 0 Å². The van der Waals surface area contributed by atoms with Crippen LogP contribution in [0.25, 0.3) is 60.9 Å². The molecule has 0 N–H and O–H groups in total. The number of hydrogen-bond acceptors (Lipinski definition) is 1. The fraction of sp³-hybridized carbons (Fsp3) is 0.262. The Bertz CT molecular complexity index is 3270. The van der Waals surface area contributed by atoms with Crippen molar-refractivity contribution >= 4 is 38.9 Å².